The Labute approximate surface area is 66.7 Å². The predicted molar refractivity (Wildman–Crippen MR) is 49.4 cm³/mol. The highest BCUT2D eigenvalue weighted by molar-refractivity contribution is 5.59. The molecule has 0 aromatic heterocycles. The monoisotopic (exact) mass is 148 g/mol. The van der Waals surface area contributed by atoms with Gasteiger partial charge in [0, 0.05) is 11.4 Å². The Morgan fingerprint density at radius 1 is 1.55 bits per heavy atom. The van der Waals surface area contributed by atoms with Gasteiger partial charge in [-0.25, -0.2) is 0 Å². The lowest BCUT2D eigenvalue weighted by atomic mass is 10.2. The van der Waals surface area contributed by atoms with Gasteiger partial charge in [0.2, 0.25) is 0 Å². The molecule has 0 aliphatic heterocycles. The Morgan fingerprint density at radius 2 is 2.27 bits per heavy atom. The molecule has 0 aliphatic carbocycles. The Morgan fingerprint density at radius 3 is 2.82 bits per heavy atom. The van der Waals surface area contributed by atoms with Crippen LogP contribution in [0, 0.1) is 6.92 Å². The summed E-state index contributed by atoms with van der Waals surface area (Å²) in [6.07, 6.45) is 1.63. The zero-order valence-corrected chi connectivity index (χ0v) is 6.59. The van der Waals surface area contributed by atoms with Gasteiger partial charge >= 0.3 is 0 Å². The molecule has 2 nitrogen and oxygen atoms in total. The Kier molecular flexibility index (Phi) is 2.16. The van der Waals surface area contributed by atoms with Crippen LogP contribution >= 0.6 is 0 Å². The fourth-order valence-corrected chi connectivity index (χ4v) is 0.848. The lowest BCUT2D eigenvalue weighted by molar-refractivity contribution is 1.46. The molecular formula is C9H12N2. The van der Waals surface area contributed by atoms with Crippen molar-refractivity contribution in [2.24, 2.45) is 0 Å². The van der Waals surface area contributed by atoms with Crippen LogP contribution in [0.4, 0.5) is 11.4 Å². The second kappa shape index (κ2) is 3.10. The average Bonchev–Trinajstić information content (AvgIpc) is 1.98. The average molecular weight is 148 g/mol. The summed E-state index contributed by atoms with van der Waals surface area (Å²) in [5.74, 6) is 0. The molecule has 0 spiro atoms. The van der Waals surface area contributed by atoms with Gasteiger partial charge in [0.05, 0.1) is 0 Å². The number of nitrogens with two attached hydrogens (primary N) is 1. The van der Waals surface area contributed by atoms with E-state index in [9.17, 15) is 0 Å². The second-order valence-corrected chi connectivity index (χ2v) is 2.42. The maximum Gasteiger partial charge on any atom is 0.0400 e. The summed E-state index contributed by atoms with van der Waals surface area (Å²) in [4.78, 5) is 0. The van der Waals surface area contributed by atoms with Crippen molar-refractivity contribution in [1.82, 2.24) is 0 Å². The lowest BCUT2D eigenvalue weighted by Crippen LogP contribution is -1.92. The van der Waals surface area contributed by atoms with Crippen molar-refractivity contribution in [2.45, 2.75) is 6.92 Å². The number of nitrogen functional groups attached to an aromatic ring is 1. The van der Waals surface area contributed by atoms with Gasteiger partial charge in [0.1, 0.15) is 0 Å². The fraction of sp³-hybridized carbons (Fsp3) is 0.111. The molecule has 0 atom stereocenters. The van der Waals surface area contributed by atoms with Crippen LogP contribution in [-0.4, -0.2) is 0 Å². The molecule has 11 heavy (non-hydrogen) atoms. The van der Waals surface area contributed by atoms with Crippen molar-refractivity contribution in [3.8, 4) is 0 Å². The molecule has 2 heteroatoms. The zero-order chi connectivity index (χ0) is 8.27. The molecule has 0 aliphatic rings. The number of hydrogen-bond donors (Lipinski definition) is 2. The predicted octanol–water partition coefficient (Wildman–Crippen LogP) is 2.13. The van der Waals surface area contributed by atoms with Gasteiger partial charge < -0.3 is 11.1 Å². The second-order valence-electron chi connectivity index (χ2n) is 2.42. The largest absolute Gasteiger partial charge is 0.398 e. The summed E-state index contributed by atoms with van der Waals surface area (Å²) < 4.78 is 0. The quantitative estimate of drug-likeness (QED) is 0.630. The van der Waals surface area contributed by atoms with E-state index in [-0.39, 0.29) is 0 Å². The molecule has 0 radical (unpaired) electrons. The van der Waals surface area contributed by atoms with E-state index in [1.54, 1.807) is 6.20 Å². The van der Waals surface area contributed by atoms with Crippen LogP contribution in [0.1, 0.15) is 5.56 Å². The topological polar surface area (TPSA) is 38.0 Å². The van der Waals surface area contributed by atoms with Gasteiger partial charge in [-0.2, -0.15) is 0 Å². The molecule has 1 aromatic rings. The van der Waals surface area contributed by atoms with Crippen LogP contribution in [0.3, 0.4) is 0 Å². The maximum atomic E-state index is 5.68. The highest BCUT2D eigenvalue weighted by atomic mass is 14.8. The number of hydrogen-bond acceptors (Lipinski definition) is 2. The van der Waals surface area contributed by atoms with E-state index in [1.807, 2.05) is 25.1 Å². The van der Waals surface area contributed by atoms with E-state index >= 15 is 0 Å². The van der Waals surface area contributed by atoms with Crippen molar-refractivity contribution in [3.63, 3.8) is 0 Å². The number of anilines is 2. The first kappa shape index (κ1) is 7.66. The molecule has 0 saturated carbocycles. The number of rotatable bonds is 2. The van der Waals surface area contributed by atoms with Gasteiger partial charge in [0.25, 0.3) is 0 Å². The molecule has 1 rings (SSSR count). The third-order valence-electron chi connectivity index (χ3n) is 1.55. The molecule has 0 heterocycles. The Bertz CT molecular complexity index is 266. The first-order valence-electron chi connectivity index (χ1n) is 3.47. The highest BCUT2D eigenvalue weighted by Crippen LogP contribution is 2.16. The smallest absolute Gasteiger partial charge is 0.0400 e. The van der Waals surface area contributed by atoms with Crippen molar-refractivity contribution >= 4 is 11.4 Å². The summed E-state index contributed by atoms with van der Waals surface area (Å²) in [5.41, 5.74) is 8.55. The first-order valence-corrected chi connectivity index (χ1v) is 3.47. The highest BCUT2D eigenvalue weighted by Gasteiger charge is 1.93. The van der Waals surface area contributed by atoms with E-state index in [0.29, 0.717) is 0 Å². The Hall–Kier alpha value is -1.44. The van der Waals surface area contributed by atoms with Crippen LogP contribution < -0.4 is 11.1 Å². The molecule has 58 valence electrons. The fourth-order valence-electron chi connectivity index (χ4n) is 0.848. The van der Waals surface area contributed by atoms with Crippen LogP contribution in [0.25, 0.3) is 0 Å². The van der Waals surface area contributed by atoms with Crippen molar-refractivity contribution in [1.29, 1.82) is 0 Å². The molecule has 0 amide bonds. The van der Waals surface area contributed by atoms with Crippen LogP contribution in [0.2, 0.25) is 0 Å². The number of benzene rings is 1. The van der Waals surface area contributed by atoms with Gasteiger partial charge in [-0.05, 0) is 30.8 Å². The molecule has 1 aromatic carbocycles. The van der Waals surface area contributed by atoms with Gasteiger partial charge in [0.15, 0.2) is 0 Å². The third-order valence-corrected chi connectivity index (χ3v) is 1.55. The maximum absolute atomic E-state index is 5.68. The van der Waals surface area contributed by atoms with E-state index in [1.165, 1.54) is 0 Å². The van der Waals surface area contributed by atoms with Crippen LogP contribution in [-0.2, 0) is 0 Å². The summed E-state index contributed by atoms with van der Waals surface area (Å²) in [6.45, 7) is 5.54. The molecule has 0 saturated heterocycles. The number of nitrogens with one attached hydrogen (secondary N) is 1. The molecular weight excluding hydrogens is 136 g/mol. The minimum Gasteiger partial charge on any atom is -0.398 e. The third kappa shape index (κ3) is 1.74. The number of aryl methyl sites for hydroxylation is 1. The molecule has 0 unspecified atom stereocenters. The normalized spacial score (nSPS) is 9.18. The molecule has 0 fully saturated rings. The minimum absolute atomic E-state index is 0.803. The van der Waals surface area contributed by atoms with Crippen molar-refractivity contribution in [2.75, 3.05) is 11.1 Å². The van der Waals surface area contributed by atoms with E-state index in [2.05, 4.69) is 11.9 Å². The van der Waals surface area contributed by atoms with E-state index in [0.717, 1.165) is 16.9 Å². The molecule has 3 N–H and O–H groups in total. The van der Waals surface area contributed by atoms with Gasteiger partial charge in [-0.3, -0.25) is 0 Å². The van der Waals surface area contributed by atoms with Crippen LogP contribution in [0.15, 0.2) is 31.0 Å². The standard InChI is InChI=1S/C9H12N2/c1-3-11-8-5-4-7(2)9(10)6-8/h3-6,11H,1,10H2,2H3. The lowest BCUT2D eigenvalue weighted by Gasteiger charge is -2.03. The zero-order valence-electron chi connectivity index (χ0n) is 6.59. The summed E-state index contributed by atoms with van der Waals surface area (Å²) >= 11 is 0. The van der Waals surface area contributed by atoms with Crippen molar-refractivity contribution < 1.29 is 0 Å². The summed E-state index contributed by atoms with van der Waals surface area (Å²) in [5, 5.41) is 2.96. The van der Waals surface area contributed by atoms with Gasteiger partial charge in [-0.1, -0.05) is 12.6 Å². The summed E-state index contributed by atoms with van der Waals surface area (Å²) in [7, 11) is 0. The van der Waals surface area contributed by atoms with Crippen LogP contribution in [0.5, 0.6) is 0 Å². The minimum atomic E-state index is 0.803. The van der Waals surface area contributed by atoms with E-state index < -0.39 is 0 Å². The van der Waals surface area contributed by atoms with Crippen molar-refractivity contribution in [3.05, 3.63) is 36.5 Å². The van der Waals surface area contributed by atoms with E-state index in [4.69, 9.17) is 5.73 Å². The first-order chi connectivity index (χ1) is 5.24. The van der Waals surface area contributed by atoms with Gasteiger partial charge in [-0.15, -0.1) is 0 Å². The summed E-state index contributed by atoms with van der Waals surface area (Å²) in [6, 6.07) is 5.82. The molecule has 0 bridgehead atoms. The SMILES string of the molecule is C=CNc1ccc(C)c(N)c1. The Balaban J connectivity index is 2.95.